The number of ether oxygens (including phenoxy) is 9. The van der Waals surface area contributed by atoms with E-state index in [1.54, 1.807) is 0 Å². The number of carbonyl (C=O) groups is 3. The van der Waals surface area contributed by atoms with Gasteiger partial charge in [0, 0.05) is 138 Å². The molecule has 0 aromatic carbocycles. The number of nitrogens with zero attached hydrogens (tertiary/aromatic N) is 14. The van der Waals surface area contributed by atoms with Crippen LogP contribution in [-0.2, 0) is 111 Å². The third kappa shape index (κ3) is 20.2. The van der Waals surface area contributed by atoms with Gasteiger partial charge in [-0.05, 0) is 221 Å². The van der Waals surface area contributed by atoms with E-state index < -0.39 is 6.04 Å². The minimum atomic E-state index is -0.553. The number of carbonyl (C=O) groups excluding carboxylic acids is 3. The highest BCUT2D eigenvalue weighted by Crippen LogP contribution is 2.62. The molecule has 7 aromatic rings. The molecule has 19 atom stereocenters. The second-order valence-electron chi connectivity index (χ2n) is 42.5. The summed E-state index contributed by atoms with van der Waals surface area (Å²) in [6, 6.07) is -0.553. The smallest absolute Gasteiger partial charge is 0.282 e. The van der Waals surface area contributed by atoms with Gasteiger partial charge in [-0.2, -0.15) is 24.9 Å². The van der Waals surface area contributed by atoms with Gasteiger partial charge in [0.25, 0.3) is 6.04 Å². The lowest BCUT2D eigenvalue weighted by molar-refractivity contribution is -0.235. The molecule has 2 saturated heterocycles. The van der Waals surface area contributed by atoms with Crippen LogP contribution in [0.2, 0.25) is 5.15 Å². The monoisotopic (exact) mass is 1980 g/mol. The maximum atomic E-state index is 12.4. The van der Waals surface area contributed by atoms with Gasteiger partial charge in [-0.25, -0.2) is 41.5 Å². The maximum absolute atomic E-state index is 12.4. The summed E-state index contributed by atoms with van der Waals surface area (Å²) in [6.07, 6.45) is 22.1. The molecule has 28 nitrogen and oxygen atoms in total. The Labute approximate surface area is 852 Å². The van der Waals surface area contributed by atoms with E-state index in [0.717, 1.165) is 229 Å². The number of aliphatic hydroxyl groups excluding tert-OH is 1. The van der Waals surface area contributed by atoms with E-state index in [-0.39, 0.29) is 130 Å². The molecule has 0 bridgehead atoms. The van der Waals surface area contributed by atoms with E-state index in [1.165, 1.54) is 39.3 Å². The number of hydrogen-bond acceptors (Lipinski definition) is 27. The second kappa shape index (κ2) is 45.1. The number of rotatable bonds is 10. The van der Waals surface area contributed by atoms with E-state index in [1.807, 2.05) is 96.2 Å². The highest BCUT2D eigenvalue weighted by molar-refractivity contribution is 6.30. The van der Waals surface area contributed by atoms with Crippen LogP contribution >= 0.6 is 11.6 Å². The van der Waals surface area contributed by atoms with E-state index in [2.05, 4.69) is 109 Å². The first kappa shape index (κ1) is 115. The normalized spacial score (nSPS) is 31.1. The number of ketones is 3. The van der Waals surface area contributed by atoms with Crippen LogP contribution in [0.1, 0.15) is 372 Å². The van der Waals surface area contributed by atoms with Crippen LogP contribution < -0.4 is 23.7 Å². The minimum absolute atomic E-state index is 0. The van der Waals surface area contributed by atoms with Crippen LogP contribution in [-0.4, -0.2) is 164 Å². The lowest BCUT2D eigenvalue weighted by atomic mass is 9.55. The molecule has 7 fully saturated rings. The Morgan fingerprint density at radius 2 is 0.718 bits per heavy atom. The molecule has 7 aromatic heterocycles. The summed E-state index contributed by atoms with van der Waals surface area (Å²) in [5.74, 6) is 12.6. The van der Waals surface area contributed by atoms with Crippen molar-refractivity contribution in [3.05, 3.63) is 148 Å². The summed E-state index contributed by atoms with van der Waals surface area (Å²) >= 11 is 6.40. The molecule has 0 amide bonds. The van der Waals surface area contributed by atoms with Gasteiger partial charge >= 0.3 is 0 Å². The van der Waals surface area contributed by atoms with Gasteiger partial charge in [0.05, 0.1) is 106 Å². The summed E-state index contributed by atoms with van der Waals surface area (Å²) in [5.41, 5.74) is 14.8. The molecule has 2 aliphatic heterocycles. The fourth-order valence-electron chi connectivity index (χ4n) is 28.1. The number of fused-ring (bicyclic) bond motifs is 19. The van der Waals surface area contributed by atoms with Gasteiger partial charge in [-0.3, -0.25) is 14.4 Å². The molecule has 12 aliphatic carbocycles. The van der Waals surface area contributed by atoms with Gasteiger partial charge in [0.1, 0.15) is 51.6 Å². The molecule has 14 aliphatic rings. The number of halogens is 1. The van der Waals surface area contributed by atoms with E-state index >= 15 is 0 Å². The van der Waals surface area contributed by atoms with Gasteiger partial charge in [0.15, 0.2) is 17.4 Å². The SMILES string of the molecule is C.C.C.C.C.C.CCOc1nc(C)nc2c1CC[C@H]1[C@H](C)C(=O)/C(=C\O)C[C@]21C.CCOc1nc(C)nc2c1CC[C@H]1[C@H](C)C(=O)CC[C@]21C.CCOc1nc(C)nc2c1CC[C@H]1[C@H](C)C3(CC[C@]21C)OCCO3.CCOc1nc(C)nc2c1CC[C@H]1[C@H](C)c3oncc3C[C@]21C.Cc1nc(Cl)c2c(n1)[C@@]1(C)CCC3(OCCO3)[C@@H](C)[C@@H]1CC2.[C-]#[N+]C1C[C@]2(C)c3nc(C)nc(OCC)c3CC[C@H]2[C@H](C)C1=O. The number of aliphatic hydroxyl groups is 1. The topological polar surface area (TPSA) is 340 Å². The van der Waals surface area contributed by atoms with Crippen molar-refractivity contribution >= 4 is 29.0 Å². The number of Topliss-reactive ketones (excluding diaryl/α,β-unsaturated/α-hetero) is 3. The Kier molecular flexibility index (Phi) is 36.4. The Morgan fingerprint density at radius 3 is 1.09 bits per heavy atom. The van der Waals surface area contributed by atoms with E-state index in [0.29, 0.717) is 134 Å². The number of hydrogen-bond donors (Lipinski definition) is 1. The highest BCUT2D eigenvalue weighted by atomic mass is 35.5. The fraction of sp³-hybridized carbons (Fsp3) is 0.708. The van der Waals surface area contributed by atoms with Crippen molar-refractivity contribution in [1.82, 2.24) is 65.0 Å². The molecule has 29 heteroatoms. The predicted octanol–water partition coefficient (Wildman–Crippen LogP) is 22.7. The van der Waals surface area contributed by atoms with Crippen LogP contribution in [0.15, 0.2) is 22.6 Å². The Hall–Kier alpha value is -9.14. The van der Waals surface area contributed by atoms with Crippen LogP contribution in [0.4, 0.5) is 0 Å². The van der Waals surface area contributed by atoms with Gasteiger partial charge in [-0.15, -0.1) is 0 Å². The number of aryl methyl sites for hydroxylation is 6. The zero-order chi connectivity index (χ0) is 97.4. The zero-order valence-corrected chi connectivity index (χ0v) is 85.5. The van der Waals surface area contributed by atoms with Crippen LogP contribution in [0.25, 0.3) is 4.85 Å². The summed E-state index contributed by atoms with van der Waals surface area (Å²) < 4.78 is 58.6. The average molecular weight is 1980 g/mol. The van der Waals surface area contributed by atoms with Crippen LogP contribution in [0, 0.1) is 113 Å². The Bertz CT molecular complexity index is 5750. The predicted molar refractivity (Wildman–Crippen MR) is 554 cm³/mol. The van der Waals surface area contributed by atoms with Crippen molar-refractivity contribution in [3.63, 3.8) is 0 Å². The molecule has 1 unspecified atom stereocenters. The molecular weight excluding hydrogens is 1810 g/mol. The number of allylic oxidation sites excluding steroid dienone is 1. The van der Waals surface area contributed by atoms with Crippen molar-refractivity contribution in [2.24, 2.45) is 65.1 Å². The van der Waals surface area contributed by atoms with Crippen molar-refractivity contribution in [3.8, 4) is 29.4 Å². The molecule has 9 heterocycles. The average Bonchev–Trinajstić information content (AvgIpc) is 1.18. The molecule has 142 heavy (non-hydrogen) atoms. The van der Waals surface area contributed by atoms with Crippen molar-refractivity contribution in [1.29, 1.82) is 0 Å². The first-order valence-corrected chi connectivity index (χ1v) is 51.1. The molecular formula is C113H169ClN14O14. The summed E-state index contributed by atoms with van der Waals surface area (Å²) in [5, 5.41) is 14.2. The molecule has 21 rings (SSSR count). The maximum Gasteiger partial charge on any atom is 0.282 e. The molecule has 0 radical (unpaired) electrons. The lowest BCUT2D eigenvalue weighted by Crippen LogP contribution is -2.55. The van der Waals surface area contributed by atoms with Gasteiger partial charge < -0.3 is 57.1 Å². The lowest BCUT2D eigenvalue weighted by Gasteiger charge is -2.54. The van der Waals surface area contributed by atoms with E-state index in [4.69, 9.17) is 95.2 Å². The van der Waals surface area contributed by atoms with Gasteiger partial charge in [-0.1, -0.05) is 144 Å². The standard InChI is InChI=1S/C19H28N2O3.2C18H23N3O2.C18H24N2O3.C17H23ClN2O2.C17H24N2O2.6CH4/c1-5-22-17-14-6-7-15-12(2)19(23-10-11-24-19)9-8-18(15,4)16(14)20-13(3)21-17;1-5-22-17-13-6-7-14-10(2)15-12(9-19-23-15)8-18(14,4)16(13)20-11(3)21-17;1-6-23-17-12-7-8-13-10(2)15(22)14(19-5)9-18(13,4)16(12)20-11(3)21-17;1-5-23-17-13-6-7-14-10(2)15(22)12(9-21)8-18(14,4)16(13)19-11(3)20-17;1-10-13-5-4-12-14(19-11(2)20-15(12)18)16(13,3)6-7-17(10)21-8-9-22-17;1-5-21-16-12-6-7-13-10(2)14(20)8-9-17(13,4)15(12)18-11(3)19-16;;;;;;/h12,15H,5-11H2,1-4H3;9-10,14H,5-8H2,1-4H3;10,13-14H,6-9H2,1-4H3;9-10,14,21H,5-8H2,1-4H3;10,13H,4-9H2,1-3H3;10,13H,5-9H2,1-4H3;6*1H4/b;;;12-9-;;;;;;;;/t12-,15-,18-;10-,14-,18-;10-,13-,14?,18-;10-,14-,18-;10-,13-,16-;10-,13-,17-;;;;;;/m000000....../s1. The summed E-state index contributed by atoms with van der Waals surface area (Å²) in [4.78, 5) is 96.1. The third-order valence-electron chi connectivity index (χ3n) is 34.9. The molecule has 2 spiro atoms. The molecule has 782 valence electrons. The van der Waals surface area contributed by atoms with Crippen molar-refractivity contribution in [2.45, 2.75) is 395 Å². The fourth-order valence-corrected chi connectivity index (χ4v) is 28.4. The van der Waals surface area contributed by atoms with Gasteiger partial charge in [0.2, 0.25) is 35.2 Å². The highest BCUT2D eigenvalue weighted by Gasteiger charge is 2.62. The molecule has 5 saturated carbocycles. The first-order valence-electron chi connectivity index (χ1n) is 50.7. The quantitative estimate of drug-likeness (QED) is 0.0575. The van der Waals surface area contributed by atoms with Crippen LogP contribution in [0.3, 0.4) is 0 Å². The largest absolute Gasteiger partial charge is 0.515 e. The number of aromatic nitrogens is 13. The third-order valence-corrected chi connectivity index (χ3v) is 35.2. The van der Waals surface area contributed by atoms with E-state index in [9.17, 15) is 19.5 Å². The summed E-state index contributed by atoms with van der Waals surface area (Å²) in [6.45, 7) is 61.3. The van der Waals surface area contributed by atoms with Crippen LogP contribution in [0.5, 0.6) is 29.4 Å². The summed E-state index contributed by atoms with van der Waals surface area (Å²) in [7, 11) is 0. The Morgan fingerprint density at radius 1 is 0.401 bits per heavy atom. The molecule has 1 N–H and O–H groups in total. The Balaban J connectivity index is 0.000000174. The minimum Gasteiger partial charge on any atom is -0.515 e. The van der Waals surface area contributed by atoms with Crippen molar-refractivity contribution < 1.29 is 66.6 Å². The first-order chi connectivity index (χ1) is 64.8. The van der Waals surface area contributed by atoms with Crippen molar-refractivity contribution in [2.75, 3.05) is 59.5 Å². The zero-order valence-electron chi connectivity index (χ0n) is 84.8. The second-order valence-corrected chi connectivity index (χ2v) is 42.9.